The molecule has 0 unspecified atom stereocenters. The summed E-state index contributed by atoms with van der Waals surface area (Å²) < 4.78 is 1.74. The van der Waals surface area contributed by atoms with Crippen LogP contribution in [-0.2, 0) is 7.05 Å². The third-order valence-electron chi connectivity index (χ3n) is 2.78. The van der Waals surface area contributed by atoms with E-state index in [1.165, 1.54) is 0 Å². The lowest BCUT2D eigenvalue weighted by molar-refractivity contribution is 0.0699. The SMILES string of the molecule is Cn1cncc1C(=O)N1CCC[C@@H](N)C1. The highest BCUT2D eigenvalue weighted by Gasteiger charge is 2.23. The zero-order valence-corrected chi connectivity index (χ0v) is 8.89. The van der Waals surface area contributed by atoms with Gasteiger partial charge in [-0.3, -0.25) is 4.79 Å². The molecule has 2 heterocycles. The normalized spacial score (nSPS) is 21.7. The lowest BCUT2D eigenvalue weighted by atomic mass is 10.1. The second kappa shape index (κ2) is 4.02. The van der Waals surface area contributed by atoms with Gasteiger partial charge in [0.15, 0.2) is 0 Å². The molecule has 1 saturated heterocycles. The van der Waals surface area contributed by atoms with Crippen LogP contribution in [-0.4, -0.2) is 39.5 Å². The summed E-state index contributed by atoms with van der Waals surface area (Å²) in [4.78, 5) is 17.8. The topological polar surface area (TPSA) is 64.2 Å². The second-order valence-electron chi connectivity index (χ2n) is 4.04. The fourth-order valence-corrected chi connectivity index (χ4v) is 1.92. The summed E-state index contributed by atoms with van der Waals surface area (Å²) >= 11 is 0. The van der Waals surface area contributed by atoms with E-state index >= 15 is 0 Å². The minimum absolute atomic E-state index is 0.0325. The maximum Gasteiger partial charge on any atom is 0.272 e. The molecule has 82 valence electrons. The van der Waals surface area contributed by atoms with Crippen molar-refractivity contribution in [2.24, 2.45) is 12.8 Å². The average molecular weight is 208 g/mol. The van der Waals surface area contributed by atoms with E-state index in [-0.39, 0.29) is 11.9 Å². The van der Waals surface area contributed by atoms with E-state index in [0.717, 1.165) is 19.4 Å². The van der Waals surface area contributed by atoms with Gasteiger partial charge in [0.1, 0.15) is 5.69 Å². The van der Waals surface area contributed by atoms with Crippen LogP contribution in [0.5, 0.6) is 0 Å². The molecular weight excluding hydrogens is 192 g/mol. The quantitative estimate of drug-likeness (QED) is 0.705. The first-order chi connectivity index (χ1) is 7.18. The van der Waals surface area contributed by atoms with Gasteiger partial charge in [0.05, 0.1) is 12.5 Å². The minimum atomic E-state index is 0.0325. The van der Waals surface area contributed by atoms with Crippen molar-refractivity contribution in [3.8, 4) is 0 Å². The van der Waals surface area contributed by atoms with Gasteiger partial charge in [-0.05, 0) is 12.8 Å². The van der Waals surface area contributed by atoms with Crippen molar-refractivity contribution in [2.75, 3.05) is 13.1 Å². The molecule has 1 atom stereocenters. The summed E-state index contributed by atoms with van der Waals surface area (Å²) in [6.07, 6.45) is 5.24. The summed E-state index contributed by atoms with van der Waals surface area (Å²) in [5.41, 5.74) is 6.47. The summed E-state index contributed by atoms with van der Waals surface area (Å²) in [6.45, 7) is 1.46. The van der Waals surface area contributed by atoms with Gasteiger partial charge < -0.3 is 15.2 Å². The fourth-order valence-electron chi connectivity index (χ4n) is 1.92. The summed E-state index contributed by atoms with van der Waals surface area (Å²) in [6, 6.07) is 0.121. The van der Waals surface area contributed by atoms with Gasteiger partial charge in [-0.2, -0.15) is 0 Å². The zero-order valence-electron chi connectivity index (χ0n) is 8.89. The second-order valence-corrected chi connectivity index (χ2v) is 4.04. The Labute approximate surface area is 88.9 Å². The number of carbonyl (C=O) groups is 1. The number of amides is 1. The number of nitrogens with zero attached hydrogens (tertiary/aromatic N) is 3. The Morgan fingerprint density at radius 1 is 1.67 bits per heavy atom. The van der Waals surface area contributed by atoms with Gasteiger partial charge in [-0.1, -0.05) is 0 Å². The molecular formula is C10H16N4O. The number of nitrogens with two attached hydrogens (primary N) is 1. The highest BCUT2D eigenvalue weighted by Crippen LogP contribution is 2.11. The van der Waals surface area contributed by atoms with Crippen molar-refractivity contribution in [1.29, 1.82) is 0 Å². The standard InChI is InChI=1S/C10H16N4O/c1-13-7-12-5-9(13)10(15)14-4-2-3-8(11)6-14/h5,7-8H,2-4,6,11H2,1H3/t8-/m1/s1. The van der Waals surface area contributed by atoms with Gasteiger partial charge in [0, 0.05) is 26.2 Å². The van der Waals surface area contributed by atoms with Gasteiger partial charge in [-0.25, -0.2) is 4.98 Å². The molecule has 1 aliphatic heterocycles. The monoisotopic (exact) mass is 208 g/mol. The predicted octanol–water partition coefficient (Wildman–Crippen LogP) is -0.0166. The first-order valence-electron chi connectivity index (χ1n) is 5.19. The maximum atomic E-state index is 12.0. The molecule has 15 heavy (non-hydrogen) atoms. The lowest BCUT2D eigenvalue weighted by Gasteiger charge is -2.30. The van der Waals surface area contributed by atoms with E-state index < -0.39 is 0 Å². The first kappa shape index (κ1) is 10.2. The largest absolute Gasteiger partial charge is 0.336 e. The van der Waals surface area contributed by atoms with Crippen LogP contribution in [0.15, 0.2) is 12.5 Å². The third-order valence-corrected chi connectivity index (χ3v) is 2.78. The fraction of sp³-hybridized carbons (Fsp3) is 0.600. The van der Waals surface area contributed by atoms with Gasteiger partial charge in [-0.15, -0.1) is 0 Å². The third kappa shape index (κ3) is 2.02. The van der Waals surface area contributed by atoms with E-state index in [2.05, 4.69) is 4.98 Å². The number of likely N-dealkylation sites (tertiary alicyclic amines) is 1. The number of piperidine rings is 1. The Kier molecular flexibility index (Phi) is 2.73. The van der Waals surface area contributed by atoms with Crippen LogP contribution >= 0.6 is 0 Å². The summed E-state index contributed by atoms with van der Waals surface area (Å²) in [5.74, 6) is 0.0325. The highest BCUT2D eigenvalue weighted by molar-refractivity contribution is 5.92. The number of imidazole rings is 1. The number of hydrogen-bond acceptors (Lipinski definition) is 3. The molecule has 0 radical (unpaired) electrons. The average Bonchev–Trinajstić information content (AvgIpc) is 2.63. The van der Waals surface area contributed by atoms with E-state index in [0.29, 0.717) is 12.2 Å². The van der Waals surface area contributed by atoms with Crippen molar-refractivity contribution in [1.82, 2.24) is 14.5 Å². The van der Waals surface area contributed by atoms with Crippen LogP contribution in [0.25, 0.3) is 0 Å². The Bertz CT molecular complexity index is 360. The van der Waals surface area contributed by atoms with Crippen LogP contribution in [0, 0.1) is 0 Å². The number of hydrogen-bond donors (Lipinski definition) is 1. The van der Waals surface area contributed by atoms with Crippen molar-refractivity contribution in [3.05, 3.63) is 18.2 Å². The molecule has 1 aliphatic rings. The van der Waals surface area contributed by atoms with Crippen LogP contribution in [0.4, 0.5) is 0 Å². The molecule has 0 saturated carbocycles. The van der Waals surface area contributed by atoms with Crippen LogP contribution in [0.1, 0.15) is 23.3 Å². The minimum Gasteiger partial charge on any atom is -0.336 e. The van der Waals surface area contributed by atoms with Crippen molar-refractivity contribution < 1.29 is 4.79 Å². The molecule has 2 rings (SSSR count). The van der Waals surface area contributed by atoms with Crippen molar-refractivity contribution in [3.63, 3.8) is 0 Å². The highest BCUT2D eigenvalue weighted by atomic mass is 16.2. The Morgan fingerprint density at radius 3 is 3.07 bits per heavy atom. The van der Waals surface area contributed by atoms with Crippen LogP contribution < -0.4 is 5.73 Å². The number of carbonyl (C=O) groups excluding carboxylic acids is 1. The number of rotatable bonds is 1. The molecule has 5 heteroatoms. The van der Waals surface area contributed by atoms with Crippen LogP contribution in [0.2, 0.25) is 0 Å². The summed E-state index contributed by atoms with van der Waals surface area (Å²) in [7, 11) is 1.82. The van der Waals surface area contributed by atoms with Gasteiger partial charge in [0.25, 0.3) is 5.91 Å². The maximum absolute atomic E-state index is 12.0. The van der Waals surface area contributed by atoms with E-state index in [4.69, 9.17) is 5.73 Å². The first-order valence-corrected chi connectivity index (χ1v) is 5.19. The zero-order chi connectivity index (χ0) is 10.8. The molecule has 0 bridgehead atoms. The Balaban J connectivity index is 2.11. The molecule has 5 nitrogen and oxygen atoms in total. The van der Waals surface area contributed by atoms with Gasteiger partial charge in [0.2, 0.25) is 0 Å². The summed E-state index contributed by atoms with van der Waals surface area (Å²) in [5, 5.41) is 0. The molecule has 2 N–H and O–H groups in total. The van der Waals surface area contributed by atoms with E-state index in [1.54, 1.807) is 17.1 Å². The Morgan fingerprint density at radius 2 is 2.47 bits per heavy atom. The molecule has 1 amide bonds. The molecule has 1 aromatic heterocycles. The Hall–Kier alpha value is -1.36. The van der Waals surface area contributed by atoms with Crippen molar-refractivity contribution >= 4 is 5.91 Å². The molecule has 0 aromatic carbocycles. The van der Waals surface area contributed by atoms with Crippen LogP contribution in [0.3, 0.4) is 0 Å². The number of aromatic nitrogens is 2. The van der Waals surface area contributed by atoms with E-state index in [9.17, 15) is 4.79 Å². The van der Waals surface area contributed by atoms with Gasteiger partial charge >= 0.3 is 0 Å². The van der Waals surface area contributed by atoms with Crippen molar-refractivity contribution in [2.45, 2.75) is 18.9 Å². The molecule has 1 aromatic rings. The number of aryl methyl sites for hydroxylation is 1. The lowest BCUT2D eigenvalue weighted by Crippen LogP contribution is -2.46. The van der Waals surface area contributed by atoms with E-state index in [1.807, 2.05) is 11.9 Å². The molecule has 1 fully saturated rings. The smallest absolute Gasteiger partial charge is 0.272 e. The molecule has 0 aliphatic carbocycles. The molecule has 0 spiro atoms. The predicted molar refractivity (Wildman–Crippen MR) is 56.3 cm³/mol.